The zero-order valence-corrected chi connectivity index (χ0v) is 12.3. The molecule has 0 aliphatic heterocycles. The molecule has 0 aliphatic rings. The van der Waals surface area contributed by atoms with Crippen LogP contribution in [-0.2, 0) is 6.61 Å². The van der Waals surface area contributed by atoms with Crippen molar-refractivity contribution < 1.29 is 9.13 Å². The summed E-state index contributed by atoms with van der Waals surface area (Å²) in [6.07, 6.45) is 1.09. The molecule has 2 nitrogen and oxygen atoms in total. The monoisotopic (exact) mass is 283 g/mol. The molecule has 0 aromatic heterocycles. The van der Waals surface area contributed by atoms with Gasteiger partial charge in [0.25, 0.3) is 0 Å². The normalized spacial score (nSPS) is 11.7. The first kappa shape index (κ1) is 15.1. The van der Waals surface area contributed by atoms with Gasteiger partial charge in [-0.25, -0.2) is 4.39 Å². The van der Waals surface area contributed by atoms with Crippen LogP contribution in [-0.4, -0.2) is 0 Å². The van der Waals surface area contributed by atoms with Gasteiger partial charge in [-0.3, -0.25) is 0 Å². The third-order valence-corrected chi connectivity index (χ3v) is 3.65. The zero-order chi connectivity index (χ0) is 15.2. The molecule has 0 heterocycles. The number of hydrogen-bond donors (Lipinski definition) is 0. The van der Waals surface area contributed by atoms with Crippen LogP contribution in [0.4, 0.5) is 4.39 Å². The fourth-order valence-corrected chi connectivity index (χ4v) is 2.07. The van der Waals surface area contributed by atoms with Crippen molar-refractivity contribution in [1.82, 2.24) is 0 Å². The van der Waals surface area contributed by atoms with Crippen LogP contribution in [0.2, 0.25) is 0 Å². The fraction of sp³-hybridized carbons (Fsp3) is 0.278. The lowest BCUT2D eigenvalue weighted by molar-refractivity contribution is 0.299. The minimum Gasteiger partial charge on any atom is -0.489 e. The molecule has 2 aromatic rings. The number of halogens is 1. The summed E-state index contributed by atoms with van der Waals surface area (Å²) in [5, 5.41) is 8.80. The fourth-order valence-electron chi connectivity index (χ4n) is 2.07. The lowest BCUT2D eigenvalue weighted by Gasteiger charge is -2.11. The summed E-state index contributed by atoms with van der Waals surface area (Å²) in [7, 11) is 0. The van der Waals surface area contributed by atoms with Crippen LogP contribution >= 0.6 is 0 Å². The number of rotatable bonds is 5. The molecule has 0 radical (unpaired) electrons. The highest BCUT2D eigenvalue weighted by Gasteiger charge is 2.08. The predicted molar refractivity (Wildman–Crippen MR) is 80.6 cm³/mol. The first-order chi connectivity index (χ1) is 10.2. The number of benzene rings is 2. The Hall–Kier alpha value is -2.34. The van der Waals surface area contributed by atoms with Crippen molar-refractivity contribution in [3.8, 4) is 11.8 Å². The van der Waals surface area contributed by atoms with Gasteiger partial charge in [0.2, 0.25) is 0 Å². The maximum absolute atomic E-state index is 13.9. The van der Waals surface area contributed by atoms with Crippen molar-refractivity contribution in [2.75, 3.05) is 0 Å². The van der Waals surface area contributed by atoms with E-state index in [-0.39, 0.29) is 12.2 Å². The van der Waals surface area contributed by atoms with Gasteiger partial charge < -0.3 is 4.74 Å². The number of nitrogens with zero attached hydrogens (tertiary/aromatic N) is 1. The average Bonchev–Trinajstić information content (AvgIpc) is 2.53. The van der Waals surface area contributed by atoms with E-state index >= 15 is 0 Å². The molecule has 0 bridgehead atoms. The molecule has 21 heavy (non-hydrogen) atoms. The molecule has 2 aromatic carbocycles. The van der Waals surface area contributed by atoms with E-state index in [0.29, 0.717) is 17.2 Å². The van der Waals surface area contributed by atoms with E-state index < -0.39 is 5.82 Å². The van der Waals surface area contributed by atoms with Crippen molar-refractivity contribution in [2.24, 2.45) is 0 Å². The van der Waals surface area contributed by atoms with Crippen molar-refractivity contribution in [1.29, 1.82) is 5.26 Å². The molecule has 0 aliphatic carbocycles. The molecule has 0 amide bonds. The second-order valence-electron chi connectivity index (χ2n) is 5.06. The van der Waals surface area contributed by atoms with Crippen molar-refractivity contribution in [3.63, 3.8) is 0 Å². The smallest absolute Gasteiger partial charge is 0.147 e. The van der Waals surface area contributed by atoms with Gasteiger partial charge >= 0.3 is 0 Å². The largest absolute Gasteiger partial charge is 0.489 e. The van der Waals surface area contributed by atoms with E-state index in [1.807, 2.05) is 30.3 Å². The van der Waals surface area contributed by atoms with Gasteiger partial charge in [-0.05, 0) is 36.1 Å². The van der Waals surface area contributed by atoms with Crippen molar-refractivity contribution >= 4 is 0 Å². The number of nitriles is 1. The summed E-state index contributed by atoms with van der Waals surface area (Å²) in [4.78, 5) is 0. The maximum atomic E-state index is 13.9. The van der Waals surface area contributed by atoms with Gasteiger partial charge in [0.1, 0.15) is 24.2 Å². The lowest BCUT2D eigenvalue weighted by atomic mass is 9.99. The van der Waals surface area contributed by atoms with E-state index in [2.05, 4.69) is 13.8 Å². The standard InChI is InChI=1S/C18H18FNO/c1-3-13(2)14-7-9-17(10-8-14)21-12-16-6-4-5-15(11-20)18(16)19/h4-10,13H,3,12H2,1-2H3. The SMILES string of the molecule is CCC(C)c1ccc(OCc2cccc(C#N)c2F)cc1. The summed E-state index contributed by atoms with van der Waals surface area (Å²) in [5.74, 6) is 0.712. The number of ether oxygens (including phenoxy) is 1. The first-order valence-electron chi connectivity index (χ1n) is 7.06. The van der Waals surface area contributed by atoms with Gasteiger partial charge in [-0.15, -0.1) is 0 Å². The van der Waals surface area contributed by atoms with Gasteiger partial charge in [-0.2, -0.15) is 5.26 Å². The van der Waals surface area contributed by atoms with Crippen LogP contribution in [0.25, 0.3) is 0 Å². The zero-order valence-electron chi connectivity index (χ0n) is 12.3. The van der Waals surface area contributed by atoms with Gasteiger partial charge in [-0.1, -0.05) is 38.1 Å². The summed E-state index contributed by atoms with van der Waals surface area (Å²) in [6, 6.07) is 14.4. The topological polar surface area (TPSA) is 33.0 Å². The molecule has 0 N–H and O–H groups in total. The van der Waals surface area contributed by atoms with Crippen LogP contribution in [0, 0.1) is 17.1 Å². The third-order valence-electron chi connectivity index (χ3n) is 3.65. The molecule has 1 unspecified atom stereocenters. The van der Waals surface area contributed by atoms with Crippen LogP contribution in [0.5, 0.6) is 5.75 Å². The van der Waals surface area contributed by atoms with E-state index in [1.54, 1.807) is 12.1 Å². The summed E-state index contributed by atoms with van der Waals surface area (Å²) in [5.41, 5.74) is 1.70. The second-order valence-corrected chi connectivity index (χ2v) is 5.06. The predicted octanol–water partition coefficient (Wildman–Crippen LogP) is 4.79. The van der Waals surface area contributed by atoms with Crippen LogP contribution < -0.4 is 4.74 Å². The molecule has 1 atom stereocenters. The molecule has 3 heteroatoms. The van der Waals surface area contributed by atoms with E-state index in [1.165, 1.54) is 11.6 Å². The summed E-state index contributed by atoms with van der Waals surface area (Å²) >= 11 is 0. The van der Waals surface area contributed by atoms with Crippen LogP contribution in [0.1, 0.15) is 42.9 Å². The maximum Gasteiger partial charge on any atom is 0.147 e. The Morgan fingerprint density at radius 1 is 1.19 bits per heavy atom. The highest BCUT2D eigenvalue weighted by Crippen LogP contribution is 2.22. The Kier molecular flexibility index (Phi) is 4.94. The Labute approximate surface area is 124 Å². The molecular formula is C18H18FNO. The first-order valence-corrected chi connectivity index (χ1v) is 7.06. The van der Waals surface area contributed by atoms with Crippen LogP contribution in [0.3, 0.4) is 0 Å². The highest BCUT2D eigenvalue weighted by atomic mass is 19.1. The molecule has 2 rings (SSSR count). The van der Waals surface area contributed by atoms with E-state index in [9.17, 15) is 4.39 Å². The van der Waals surface area contributed by atoms with Gasteiger partial charge in [0.05, 0.1) is 5.56 Å². The minimum absolute atomic E-state index is 0.0446. The van der Waals surface area contributed by atoms with Gasteiger partial charge in [0.15, 0.2) is 0 Å². The highest BCUT2D eigenvalue weighted by molar-refractivity contribution is 5.35. The average molecular weight is 283 g/mol. The minimum atomic E-state index is -0.503. The van der Waals surface area contributed by atoms with Crippen molar-refractivity contribution in [2.45, 2.75) is 32.8 Å². The van der Waals surface area contributed by atoms with E-state index in [0.717, 1.165) is 6.42 Å². The molecule has 0 saturated carbocycles. The van der Waals surface area contributed by atoms with Crippen LogP contribution in [0.15, 0.2) is 42.5 Å². The summed E-state index contributed by atoms with van der Waals surface area (Å²) < 4.78 is 19.5. The molecule has 0 spiro atoms. The Morgan fingerprint density at radius 3 is 2.52 bits per heavy atom. The Bertz CT molecular complexity index is 643. The Balaban J connectivity index is 2.05. The Morgan fingerprint density at radius 2 is 1.90 bits per heavy atom. The third kappa shape index (κ3) is 3.61. The number of hydrogen-bond acceptors (Lipinski definition) is 2. The summed E-state index contributed by atoms with van der Waals surface area (Å²) in [6.45, 7) is 4.45. The second kappa shape index (κ2) is 6.90. The van der Waals surface area contributed by atoms with Gasteiger partial charge in [0, 0.05) is 5.56 Å². The van der Waals surface area contributed by atoms with E-state index in [4.69, 9.17) is 10.00 Å². The molecular weight excluding hydrogens is 265 g/mol. The molecule has 108 valence electrons. The van der Waals surface area contributed by atoms with Crippen molar-refractivity contribution in [3.05, 3.63) is 65.0 Å². The molecule has 0 saturated heterocycles. The lowest BCUT2D eigenvalue weighted by Crippen LogP contribution is -2.00. The molecule has 0 fully saturated rings. The quantitative estimate of drug-likeness (QED) is 0.790.